The summed E-state index contributed by atoms with van der Waals surface area (Å²) in [7, 11) is 0. The molecule has 0 spiro atoms. The van der Waals surface area contributed by atoms with Gasteiger partial charge in [0.2, 0.25) is 5.91 Å². The summed E-state index contributed by atoms with van der Waals surface area (Å²) >= 11 is 12.1. The van der Waals surface area contributed by atoms with Gasteiger partial charge in [-0.1, -0.05) is 23.2 Å². The van der Waals surface area contributed by atoms with E-state index in [-0.39, 0.29) is 36.8 Å². The lowest BCUT2D eigenvalue weighted by molar-refractivity contribution is -0.134. The third-order valence-corrected chi connectivity index (χ3v) is 5.21. The molecule has 0 radical (unpaired) electrons. The quantitative estimate of drug-likeness (QED) is 0.731. The molecule has 27 heavy (non-hydrogen) atoms. The number of rotatable bonds is 4. The average Bonchev–Trinajstić information content (AvgIpc) is 3.04. The molecule has 3 rings (SSSR count). The molecule has 1 aromatic carbocycles. The molecular formula is C18H23Cl4N3O2. The van der Waals surface area contributed by atoms with Crippen molar-refractivity contribution in [2.75, 3.05) is 13.1 Å². The summed E-state index contributed by atoms with van der Waals surface area (Å²) in [5, 5.41) is 4.45. The van der Waals surface area contributed by atoms with E-state index < -0.39 is 0 Å². The number of piperazine rings is 1. The lowest BCUT2D eigenvalue weighted by Gasteiger charge is -2.38. The fourth-order valence-electron chi connectivity index (χ4n) is 3.01. The fraction of sp³-hybridized carbons (Fsp3) is 0.444. The van der Waals surface area contributed by atoms with Gasteiger partial charge in [-0.2, -0.15) is 0 Å². The van der Waals surface area contributed by atoms with Crippen LogP contribution in [0.2, 0.25) is 10.0 Å². The molecule has 9 heteroatoms. The van der Waals surface area contributed by atoms with E-state index in [4.69, 9.17) is 27.6 Å². The molecule has 2 aromatic rings. The predicted octanol–water partition coefficient (Wildman–Crippen LogP) is 4.63. The lowest BCUT2D eigenvalue weighted by atomic mass is 10.1. The van der Waals surface area contributed by atoms with Crippen molar-refractivity contribution in [1.82, 2.24) is 15.2 Å². The summed E-state index contributed by atoms with van der Waals surface area (Å²) in [6, 6.07) is 5.70. The Kier molecular flexibility index (Phi) is 9.39. The fourth-order valence-corrected chi connectivity index (χ4v) is 3.51. The van der Waals surface area contributed by atoms with Crippen LogP contribution in [0.1, 0.15) is 26.2 Å². The number of aryl methyl sites for hydroxylation is 1. The van der Waals surface area contributed by atoms with E-state index in [0.717, 1.165) is 18.7 Å². The van der Waals surface area contributed by atoms with Gasteiger partial charge in [-0.3, -0.25) is 4.79 Å². The van der Waals surface area contributed by atoms with Gasteiger partial charge in [0.05, 0.1) is 11.2 Å². The van der Waals surface area contributed by atoms with Gasteiger partial charge >= 0.3 is 0 Å². The number of hydrogen-bond acceptors (Lipinski definition) is 4. The molecule has 0 aliphatic carbocycles. The van der Waals surface area contributed by atoms with E-state index in [0.29, 0.717) is 40.6 Å². The maximum atomic E-state index is 12.5. The zero-order chi connectivity index (χ0) is 18.0. The number of oxazole rings is 1. The molecule has 150 valence electrons. The maximum Gasteiger partial charge on any atom is 0.223 e. The molecule has 5 nitrogen and oxygen atoms in total. The first kappa shape index (κ1) is 24.1. The Balaban J connectivity index is 0.00000182. The van der Waals surface area contributed by atoms with Crippen molar-refractivity contribution in [3.8, 4) is 11.3 Å². The number of aromatic nitrogens is 1. The van der Waals surface area contributed by atoms with Crippen molar-refractivity contribution in [2.24, 2.45) is 0 Å². The second kappa shape index (κ2) is 10.5. The number of nitrogens with one attached hydrogen (secondary N) is 1. The smallest absolute Gasteiger partial charge is 0.223 e. The number of amides is 1. The van der Waals surface area contributed by atoms with Crippen molar-refractivity contribution in [3.63, 3.8) is 0 Å². The Hall–Kier alpha value is -0.980. The predicted molar refractivity (Wildman–Crippen MR) is 113 cm³/mol. The summed E-state index contributed by atoms with van der Waals surface area (Å²) < 4.78 is 5.75. The molecule has 2 heterocycles. The first-order valence-electron chi connectivity index (χ1n) is 8.38. The van der Waals surface area contributed by atoms with Gasteiger partial charge in [0, 0.05) is 48.6 Å². The second-order valence-electron chi connectivity index (χ2n) is 6.31. The standard InChI is InChI=1S/C18H21Cl2N3O2.2ClH/c1-11-12(2)23(8-7-21-11)18(24)6-5-17-22-10-16(25-17)14-4-3-13(19)9-15(14)20;;/h3-4,9-12,21H,5-8H2,1-2H3;2*1H. The average molecular weight is 455 g/mol. The van der Waals surface area contributed by atoms with Crippen LogP contribution < -0.4 is 5.32 Å². The van der Waals surface area contributed by atoms with Crippen LogP contribution in [0.4, 0.5) is 0 Å². The third kappa shape index (κ3) is 5.75. The molecule has 2 atom stereocenters. The van der Waals surface area contributed by atoms with E-state index in [1.165, 1.54) is 0 Å². The van der Waals surface area contributed by atoms with Crippen LogP contribution in [0.3, 0.4) is 0 Å². The van der Waals surface area contributed by atoms with Crippen LogP contribution in [-0.4, -0.2) is 41.0 Å². The number of nitrogens with zero attached hydrogens (tertiary/aromatic N) is 2. The summed E-state index contributed by atoms with van der Waals surface area (Å²) in [4.78, 5) is 18.7. The van der Waals surface area contributed by atoms with Gasteiger partial charge in [-0.25, -0.2) is 4.98 Å². The zero-order valence-corrected chi connectivity index (χ0v) is 18.2. The zero-order valence-electron chi connectivity index (χ0n) is 15.1. The molecule has 2 unspecified atom stereocenters. The molecule has 1 fully saturated rings. The van der Waals surface area contributed by atoms with Crippen LogP contribution in [0.5, 0.6) is 0 Å². The minimum atomic E-state index is 0. The van der Waals surface area contributed by atoms with Gasteiger partial charge in [0.15, 0.2) is 11.7 Å². The van der Waals surface area contributed by atoms with Gasteiger partial charge in [0.25, 0.3) is 0 Å². The summed E-state index contributed by atoms with van der Waals surface area (Å²) in [6.07, 6.45) is 2.48. The molecule has 1 N–H and O–H groups in total. The monoisotopic (exact) mass is 453 g/mol. The Labute approximate surface area is 181 Å². The molecule has 0 saturated carbocycles. The van der Waals surface area contributed by atoms with Crippen LogP contribution in [0.15, 0.2) is 28.8 Å². The van der Waals surface area contributed by atoms with Gasteiger partial charge in [-0.05, 0) is 32.0 Å². The van der Waals surface area contributed by atoms with Crippen LogP contribution in [-0.2, 0) is 11.2 Å². The molecule has 1 saturated heterocycles. The molecular weight excluding hydrogens is 432 g/mol. The first-order valence-corrected chi connectivity index (χ1v) is 9.14. The highest BCUT2D eigenvalue weighted by Crippen LogP contribution is 2.30. The Morgan fingerprint density at radius 3 is 2.78 bits per heavy atom. The van der Waals surface area contributed by atoms with Crippen LogP contribution in [0, 0.1) is 0 Å². The van der Waals surface area contributed by atoms with Crippen molar-refractivity contribution in [1.29, 1.82) is 0 Å². The van der Waals surface area contributed by atoms with E-state index in [1.54, 1.807) is 24.4 Å². The van der Waals surface area contributed by atoms with Crippen LogP contribution in [0.25, 0.3) is 11.3 Å². The van der Waals surface area contributed by atoms with Crippen molar-refractivity contribution in [2.45, 2.75) is 38.8 Å². The number of halogens is 4. The molecule has 1 amide bonds. The summed E-state index contributed by atoms with van der Waals surface area (Å²) in [6.45, 7) is 5.73. The van der Waals surface area contributed by atoms with E-state index in [9.17, 15) is 4.79 Å². The normalized spacial score (nSPS) is 19.2. The lowest BCUT2D eigenvalue weighted by Crippen LogP contribution is -2.57. The molecule has 0 bridgehead atoms. The van der Waals surface area contributed by atoms with E-state index in [1.807, 2.05) is 4.90 Å². The maximum absolute atomic E-state index is 12.5. The highest BCUT2D eigenvalue weighted by molar-refractivity contribution is 6.36. The molecule has 1 aromatic heterocycles. The van der Waals surface area contributed by atoms with Crippen molar-refractivity contribution >= 4 is 53.9 Å². The number of carbonyl (C=O) groups is 1. The van der Waals surface area contributed by atoms with Crippen molar-refractivity contribution in [3.05, 3.63) is 40.3 Å². The SMILES string of the molecule is CC1NCCN(C(=O)CCc2ncc(-c3ccc(Cl)cc3Cl)o2)C1C.Cl.Cl. The van der Waals surface area contributed by atoms with E-state index in [2.05, 4.69) is 24.1 Å². The molecule has 1 aliphatic rings. The van der Waals surface area contributed by atoms with Gasteiger partial charge < -0.3 is 14.6 Å². The van der Waals surface area contributed by atoms with Crippen LogP contribution >= 0.6 is 48.0 Å². The summed E-state index contributed by atoms with van der Waals surface area (Å²) in [5.74, 6) is 1.24. The highest BCUT2D eigenvalue weighted by atomic mass is 35.5. The minimum Gasteiger partial charge on any atom is -0.441 e. The Morgan fingerprint density at radius 1 is 1.33 bits per heavy atom. The largest absolute Gasteiger partial charge is 0.441 e. The first-order chi connectivity index (χ1) is 12.0. The van der Waals surface area contributed by atoms with Crippen molar-refractivity contribution < 1.29 is 9.21 Å². The van der Waals surface area contributed by atoms with Gasteiger partial charge in [-0.15, -0.1) is 24.8 Å². The highest BCUT2D eigenvalue weighted by Gasteiger charge is 2.27. The second-order valence-corrected chi connectivity index (χ2v) is 7.16. The number of carbonyl (C=O) groups excluding carboxylic acids is 1. The summed E-state index contributed by atoms with van der Waals surface area (Å²) in [5.41, 5.74) is 0.737. The van der Waals surface area contributed by atoms with Gasteiger partial charge in [0.1, 0.15) is 0 Å². The topological polar surface area (TPSA) is 58.4 Å². The number of hydrogen-bond donors (Lipinski definition) is 1. The number of benzene rings is 1. The Bertz CT molecular complexity index is 769. The third-order valence-electron chi connectivity index (χ3n) is 4.66. The minimum absolute atomic E-state index is 0. The van der Waals surface area contributed by atoms with E-state index >= 15 is 0 Å². The molecule has 1 aliphatic heterocycles. The Morgan fingerprint density at radius 2 is 2.07 bits per heavy atom.